The van der Waals surface area contributed by atoms with E-state index in [2.05, 4.69) is 10.6 Å². The van der Waals surface area contributed by atoms with Gasteiger partial charge in [-0.2, -0.15) is 0 Å². The minimum Gasteiger partial charge on any atom is -0.459 e. The lowest BCUT2D eigenvalue weighted by atomic mass is 10.00. The first kappa shape index (κ1) is 25.2. The Labute approximate surface area is 210 Å². The van der Waals surface area contributed by atoms with Crippen molar-refractivity contribution < 1.29 is 23.5 Å². The first-order chi connectivity index (χ1) is 17.5. The molecule has 0 bridgehead atoms. The SMILES string of the molecule is Cc1cccc(N(C(=O)CNC(=O)c2ccco2)[C@H](C(=O)NC[C@H]2CCCO2)c2ccccc2)c1C. The number of aryl methyl sites for hydroxylation is 1. The molecule has 2 atom stereocenters. The number of amides is 3. The zero-order valence-corrected chi connectivity index (χ0v) is 20.5. The van der Waals surface area contributed by atoms with E-state index >= 15 is 0 Å². The van der Waals surface area contributed by atoms with E-state index in [9.17, 15) is 14.4 Å². The number of anilines is 1. The van der Waals surface area contributed by atoms with Gasteiger partial charge in [-0.25, -0.2) is 0 Å². The molecule has 0 unspecified atom stereocenters. The fourth-order valence-electron chi connectivity index (χ4n) is 4.32. The van der Waals surface area contributed by atoms with E-state index in [-0.39, 0.29) is 24.3 Å². The van der Waals surface area contributed by atoms with E-state index in [0.29, 0.717) is 24.4 Å². The highest BCUT2D eigenvalue weighted by molar-refractivity contribution is 6.04. The Morgan fingerprint density at radius 2 is 1.81 bits per heavy atom. The second kappa shape index (κ2) is 11.7. The molecule has 8 heteroatoms. The number of rotatable bonds is 9. The summed E-state index contributed by atoms with van der Waals surface area (Å²) >= 11 is 0. The van der Waals surface area contributed by atoms with Gasteiger partial charge in [-0.05, 0) is 61.6 Å². The number of carbonyl (C=O) groups is 3. The quantitative estimate of drug-likeness (QED) is 0.477. The van der Waals surface area contributed by atoms with Crippen molar-refractivity contribution in [1.82, 2.24) is 10.6 Å². The fourth-order valence-corrected chi connectivity index (χ4v) is 4.32. The van der Waals surface area contributed by atoms with Gasteiger partial charge < -0.3 is 19.8 Å². The number of nitrogens with zero attached hydrogens (tertiary/aromatic N) is 1. The minimum atomic E-state index is -0.943. The molecule has 2 heterocycles. The molecule has 0 saturated carbocycles. The zero-order valence-electron chi connectivity index (χ0n) is 20.5. The van der Waals surface area contributed by atoms with Crippen LogP contribution in [0.15, 0.2) is 71.3 Å². The van der Waals surface area contributed by atoms with Crippen LogP contribution in [-0.4, -0.2) is 43.5 Å². The highest BCUT2D eigenvalue weighted by atomic mass is 16.5. The number of furan rings is 1. The highest BCUT2D eigenvalue weighted by Gasteiger charge is 2.34. The molecule has 1 saturated heterocycles. The summed E-state index contributed by atoms with van der Waals surface area (Å²) in [5.41, 5.74) is 3.12. The molecule has 4 rings (SSSR count). The molecule has 1 aliphatic heterocycles. The molecule has 1 aliphatic rings. The van der Waals surface area contributed by atoms with Gasteiger partial charge in [-0.3, -0.25) is 19.3 Å². The van der Waals surface area contributed by atoms with Gasteiger partial charge in [0.15, 0.2) is 5.76 Å². The van der Waals surface area contributed by atoms with Crippen molar-refractivity contribution in [1.29, 1.82) is 0 Å². The first-order valence-electron chi connectivity index (χ1n) is 12.1. The van der Waals surface area contributed by atoms with Gasteiger partial charge in [0.1, 0.15) is 6.04 Å². The minimum absolute atomic E-state index is 0.0391. The standard InChI is InChI=1S/C28H31N3O5/c1-19-9-6-13-23(20(19)2)31(25(32)18-30-27(33)24-14-8-16-36-24)26(21-10-4-3-5-11-21)28(34)29-17-22-12-7-15-35-22/h3-6,8-11,13-14,16,22,26H,7,12,15,17-18H2,1-2H3,(H,29,34)(H,30,33)/t22-,26+/m1/s1. The maximum atomic E-state index is 13.7. The maximum Gasteiger partial charge on any atom is 0.287 e. The number of carbonyl (C=O) groups excluding carboxylic acids is 3. The van der Waals surface area contributed by atoms with E-state index in [1.807, 2.05) is 62.4 Å². The van der Waals surface area contributed by atoms with Crippen LogP contribution in [0.1, 0.15) is 46.1 Å². The molecule has 1 fully saturated rings. The average Bonchev–Trinajstić information content (AvgIpc) is 3.61. The Hall–Kier alpha value is -3.91. The molecule has 188 valence electrons. The van der Waals surface area contributed by atoms with Gasteiger partial charge in [0.2, 0.25) is 11.8 Å². The van der Waals surface area contributed by atoms with Crippen molar-refractivity contribution in [3.8, 4) is 0 Å². The molecule has 2 N–H and O–H groups in total. The average molecular weight is 490 g/mol. The lowest BCUT2D eigenvalue weighted by molar-refractivity contribution is -0.126. The summed E-state index contributed by atoms with van der Waals surface area (Å²) in [6.45, 7) is 4.61. The molecule has 0 radical (unpaired) electrons. The fraction of sp³-hybridized carbons (Fsp3) is 0.321. The summed E-state index contributed by atoms with van der Waals surface area (Å²) in [5.74, 6) is -1.14. The van der Waals surface area contributed by atoms with Crippen LogP contribution in [0, 0.1) is 13.8 Å². The molecular formula is C28H31N3O5. The summed E-state index contributed by atoms with van der Waals surface area (Å²) in [7, 11) is 0. The van der Waals surface area contributed by atoms with Crippen LogP contribution in [-0.2, 0) is 14.3 Å². The summed E-state index contributed by atoms with van der Waals surface area (Å²) in [4.78, 5) is 41.3. The van der Waals surface area contributed by atoms with Crippen LogP contribution in [0.3, 0.4) is 0 Å². The van der Waals surface area contributed by atoms with E-state index < -0.39 is 17.9 Å². The second-order valence-electron chi connectivity index (χ2n) is 8.84. The van der Waals surface area contributed by atoms with Crippen molar-refractivity contribution in [2.24, 2.45) is 0 Å². The van der Waals surface area contributed by atoms with Gasteiger partial charge >= 0.3 is 0 Å². The van der Waals surface area contributed by atoms with E-state index in [1.54, 1.807) is 6.07 Å². The predicted octanol–water partition coefficient (Wildman–Crippen LogP) is 3.70. The third-order valence-corrected chi connectivity index (χ3v) is 6.40. The monoisotopic (exact) mass is 489 g/mol. The number of hydrogen-bond donors (Lipinski definition) is 2. The van der Waals surface area contributed by atoms with E-state index in [1.165, 1.54) is 17.2 Å². The Morgan fingerprint density at radius 1 is 1.00 bits per heavy atom. The maximum absolute atomic E-state index is 13.7. The molecule has 0 aliphatic carbocycles. The zero-order chi connectivity index (χ0) is 25.5. The Kier molecular flexibility index (Phi) is 8.17. The lowest BCUT2D eigenvalue weighted by Crippen LogP contribution is -2.48. The van der Waals surface area contributed by atoms with Crippen molar-refractivity contribution >= 4 is 23.4 Å². The Morgan fingerprint density at radius 3 is 2.50 bits per heavy atom. The number of nitrogens with one attached hydrogen (secondary N) is 2. The summed E-state index contributed by atoms with van der Waals surface area (Å²) < 4.78 is 10.8. The lowest BCUT2D eigenvalue weighted by Gasteiger charge is -2.33. The Bertz CT molecular complexity index is 1190. The van der Waals surface area contributed by atoms with Crippen LogP contribution in [0.25, 0.3) is 0 Å². The second-order valence-corrected chi connectivity index (χ2v) is 8.84. The van der Waals surface area contributed by atoms with Crippen LogP contribution < -0.4 is 15.5 Å². The molecule has 0 spiro atoms. The van der Waals surface area contributed by atoms with E-state index in [4.69, 9.17) is 9.15 Å². The topological polar surface area (TPSA) is 101 Å². The first-order valence-corrected chi connectivity index (χ1v) is 12.1. The van der Waals surface area contributed by atoms with Gasteiger partial charge in [-0.15, -0.1) is 0 Å². The van der Waals surface area contributed by atoms with Crippen LogP contribution in [0.2, 0.25) is 0 Å². The van der Waals surface area contributed by atoms with Gasteiger partial charge in [-0.1, -0.05) is 42.5 Å². The number of ether oxygens (including phenoxy) is 1. The van der Waals surface area contributed by atoms with Gasteiger partial charge in [0.25, 0.3) is 5.91 Å². The van der Waals surface area contributed by atoms with Crippen LogP contribution in [0.4, 0.5) is 5.69 Å². The number of hydrogen-bond acceptors (Lipinski definition) is 5. The molecule has 3 amide bonds. The predicted molar refractivity (Wildman–Crippen MR) is 136 cm³/mol. The van der Waals surface area contributed by atoms with Crippen LogP contribution in [0.5, 0.6) is 0 Å². The summed E-state index contributed by atoms with van der Waals surface area (Å²) in [6.07, 6.45) is 3.20. The van der Waals surface area contributed by atoms with Crippen molar-refractivity contribution in [3.63, 3.8) is 0 Å². The van der Waals surface area contributed by atoms with Crippen LogP contribution >= 0.6 is 0 Å². The molecular weight excluding hydrogens is 458 g/mol. The van der Waals surface area contributed by atoms with Crippen molar-refractivity contribution in [2.75, 3.05) is 24.6 Å². The normalized spacial score (nSPS) is 15.8. The van der Waals surface area contributed by atoms with Gasteiger partial charge in [0, 0.05) is 18.8 Å². The number of benzene rings is 2. The molecule has 3 aromatic rings. The van der Waals surface area contributed by atoms with Crippen molar-refractivity contribution in [3.05, 3.63) is 89.4 Å². The third kappa shape index (κ3) is 5.83. The Balaban J connectivity index is 1.67. The summed E-state index contributed by atoms with van der Waals surface area (Å²) in [6, 6.07) is 17.0. The third-order valence-electron chi connectivity index (χ3n) is 6.40. The van der Waals surface area contributed by atoms with Gasteiger partial charge in [0.05, 0.1) is 18.9 Å². The largest absolute Gasteiger partial charge is 0.459 e. The smallest absolute Gasteiger partial charge is 0.287 e. The van der Waals surface area contributed by atoms with Crippen molar-refractivity contribution in [2.45, 2.75) is 38.8 Å². The molecule has 1 aromatic heterocycles. The summed E-state index contributed by atoms with van der Waals surface area (Å²) in [5, 5.41) is 5.61. The molecule has 36 heavy (non-hydrogen) atoms. The molecule has 2 aromatic carbocycles. The highest BCUT2D eigenvalue weighted by Crippen LogP contribution is 2.32. The van der Waals surface area contributed by atoms with E-state index in [0.717, 1.165) is 24.0 Å². The molecule has 8 nitrogen and oxygen atoms in total.